The number of halogens is 1. The van der Waals surface area contributed by atoms with Crippen LogP contribution in [-0.4, -0.2) is 30.9 Å². The number of fused-ring (bicyclic) bond motifs is 1. The van der Waals surface area contributed by atoms with Gasteiger partial charge in [-0.25, -0.2) is 5.43 Å². The summed E-state index contributed by atoms with van der Waals surface area (Å²) in [4.78, 5) is 12.2. The molecular formula is C21H19ClN2O5S. The van der Waals surface area contributed by atoms with Crippen LogP contribution >= 0.6 is 11.6 Å². The number of aromatic hydroxyl groups is 1. The molecule has 0 fully saturated rings. The van der Waals surface area contributed by atoms with Crippen molar-refractivity contribution in [3.05, 3.63) is 70.7 Å². The zero-order valence-electron chi connectivity index (χ0n) is 16.2. The summed E-state index contributed by atoms with van der Waals surface area (Å²) in [5.74, 6) is -0.398. The van der Waals surface area contributed by atoms with Gasteiger partial charge in [-0.3, -0.25) is 4.79 Å². The van der Waals surface area contributed by atoms with Crippen molar-refractivity contribution < 1.29 is 22.5 Å². The topological polar surface area (TPSA) is 105 Å². The first-order valence-electron chi connectivity index (χ1n) is 8.96. The van der Waals surface area contributed by atoms with Gasteiger partial charge in [0.1, 0.15) is 11.5 Å². The monoisotopic (exact) mass is 446 g/mol. The van der Waals surface area contributed by atoms with Crippen molar-refractivity contribution in [2.75, 3.05) is 0 Å². The highest BCUT2D eigenvalue weighted by atomic mass is 35.5. The first-order chi connectivity index (χ1) is 14.2. The molecule has 3 rings (SSSR count). The van der Waals surface area contributed by atoms with E-state index in [1.165, 1.54) is 24.4 Å². The van der Waals surface area contributed by atoms with Gasteiger partial charge in [0.25, 0.3) is 5.91 Å². The van der Waals surface area contributed by atoms with E-state index in [-0.39, 0.29) is 22.1 Å². The zero-order valence-corrected chi connectivity index (χ0v) is 17.7. The molecule has 156 valence electrons. The minimum atomic E-state index is -3.74. The van der Waals surface area contributed by atoms with Crippen LogP contribution in [0.15, 0.2) is 59.7 Å². The van der Waals surface area contributed by atoms with E-state index in [9.17, 15) is 18.3 Å². The lowest BCUT2D eigenvalue weighted by molar-refractivity contribution is 0.0955. The number of hydrogen-bond donors (Lipinski definition) is 2. The van der Waals surface area contributed by atoms with Crippen LogP contribution in [0.4, 0.5) is 0 Å². The van der Waals surface area contributed by atoms with Crippen LogP contribution in [-0.2, 0) is 10.1 Å². The fraction of sp³-hybridized carbons (Fsp3) is 0.143. The first-order valence-corrected chi connectivity index (χ1v) is 10.8. The lowest BCUT2D eigenvalue weighted by Crippen LogP contribution is -2.20. The smallest absolute Gasteiger partial charge is 0.311 e. The number of rotatable bonds is 6. The van der Waals surface area contributed by atoms with Gasteiger partial charge in [-0.05, 0) is 49.6 Å². The number of benzene rings is 3. The van der Waals surface area contributed by atoms with E-state index in [4.69, 9.17) is 15.8 Å². The van der Waals surface area contributed by atoms with Gasteiger partial charge in [-0.2, -0.15) is 13.5 Å². The quantitative estimate of drug-likeness (QED) is 0.337. The molecule has 7 nitrogen and oxygen atoms in total. The third-order valence-electron chi connectivity index (χ3n) is 4.28. The van der Waals surface area contributed by atoms with Crippen LogP contribution in [0.5, 0.6) is 11.5 Å². The van der Waals surface area contributed by atoms with Crippen LogP contribution in [0.2, 0.25) is 5.02 Å². The van der Waals surface area contributed by atoms with E-state index in [0.29, 0.717) is 16.3 Å². The van der Waals surface area contributed by atoms with Crippen molar-refractivity contribution in [1.82, 2.24) is 5.43 Å². The molecule has 9 heteroatoms. The number of carbonyl (C=O) groups is 1. The van der Waals surface area contributed by atoms with E-state index < -0.39 is 21.3 Å². The maximum Gasteiger partial charge on any atom is 0.311 e. The van der Waals surface area contributed by atoms with E-state index in [0.717, 1.165) is 0 Å². The van der Waals surface area contributed by atoms with Gasteiger partial charge in [0, 0.05) is 16.5 Å². The summed E-state index contributed by atoms with van der Waals surface area (Å²) in [6.45, 7) is 3.09. The number of hydrazone groups is 1. The Kier molecular flexibility index (Phi) is 6.28. The third kappa shape index (κ3) is 4.72. The second-order valence-electron chi connectivity index (χ2n) is 6.69. The van der Waals surface area contributed by atoms with Crippen molar-refractivity contribution in [2.24, 2.45) is 5.10 Å². The Balaban J connectivity index is 1.85. The van der Waals surface area contributed by atoms with Crippen LogP contribution in [0.3, 0.4) is 0 Å². The second-order valence-corrected chi connectivity index (χ2v) is 9.19. The molecule has 0 heterocycles. The number of phenols is 1. The summed E-state index contributed by atoms with van der Waals surface area (Å²) in [7, 11) is -3.74. The average molecular weight is 447 g/mol. The number of nitrogens with one attached hydrogen (secondary N) is 1. The largest absolute Gasteiger partial charge is 0.506 e. The molecule has 0 aliphatic carbocycles. The molecule has 0 aliphatic heterocycles. The Labute approximate surface area is 179 Å². The van der Waals surface area contributed by atoms with Crippen LogP contribution < -0.4 is 9.61 Å². The number of carbonyl (C=O) groups excluding carboxylic acids is 1. The minimum Gasteiger partial charge on any atom is -0.506 e. The molecule has 1 amide bonds. The van der Waals surface area contributed by atoms with Crippen LogP contribution in [0, 0.1) is 0 Å². The van der Waals surface area contributed by atoms with Gasteiger partial charge in [-0.15, -0.1) is 0 Å². The standard InChI is InChI=1S/C21H19ClN2O5S/c1-13(2)30(27,28)29-20-10-8-15(16-5-3-4-6-17(16)20)12-23-24-21(26)14-7-9-19(25)18(22)11-14/h3-13,25H,1-2H3,(H,24,26)/b23-12+. The molecule has 0 bridgehead atoms. The summed E-state index contributed by atoms with van der Waals surface area (Å²) in [5.41, 5.74) is 3.28. The molecule has 0 spiro atoms. The first kappa shape index (κ1) is 21.6. The van der Waals surface area contributed by atoms with E-state index in [1.54, 1.807) is 50.2 Å². The number of amides is 1. The van der Waals surface area contributed by atoms with Gasteiger partial charge in [-0.1, -0.05) is 35.9 Å². The van der Waals surface area contributed by atoms with Crippen LogP contribution in [0.1, 0.15) is 29.8 Å². The molecule has 3 aromatic carbocycles. The molecule has 0 aromatic heterocycles. The minimum absolute atomic E-state index is 0.0598. The molecule has 0 saturated carbocycles. The van der Waals surface area contributed by atoms with Gasteiger partial charge < -0.3 is 9.29 Å². The zero-order chi connectivity index (χ0) is 21.9. The molecular weight excluding hydrogens is 428 g/mol. The third-order valence-corrected chi connectivity index (χ3v) is 6.15. The Morgan fingerprint density at radius 1 is 1.13 bits per heavy atom. The number of nitrogens with zero attached hydrogens (tertiary/aromatic N) is 1. The summed E-state index contributed by atoms with van der Waals surface area (Å²) >= 11 is 5.81. The lowest BCUT2D eigenvalue weighted by atomic mass is 10.0. The van der Waals surface area contributed by atoms with Crippen LogP contribution in [0.25, 0.3) is 10.8 Å². The highest BCUT2D eigenvalue weighted by Gasteiger charge is 2.19. The number of hydrogen-bond acceptors (Lipinski definition) is 6. The molecule has 3 aromatic rings. The summed E-state index contributed by atoms with van der Waals surface area (Å²) < 4.78 is 29.5. The number of phenolic OH excluding ortho intramolecular Hbond substituents is 1. The van der Waals surface area contributed by atoms with Gasteiger partial charge >= 0.3 is 10.1 Å². The maximum atomic E-state index is 12.2. The maximum absolute atomic E-state index is 12.2. The molecule has 0 atom stereocenters. The van der Waals surface area contributed by atoms with Gasteiger partial charge in [0.2, 0.25) is 0 Å². The van der Waals surface area contributed by atoms with Crippen molar-refractivity contribution in [1.29, 1.82) is 0 Å². The Morgan fingerprint density at radius 2 is 1.83 bits per heavy atom. The fourth-order valence-corrected chi connectivity index (χ4v) is 3.34. The van der Waals surface area contributed by atoms with Crippen molar-refractivity contribution >= 4 is 44.6 Å². The van der Waals surface area contributed by atoms with E-state index in [2.05, 4.69) is 10.5 Å². The highest BCUT2D eigenvalue weighted by Crippen LogP contribution is 2.29. The molecule has 0 unspecified atom stereocenters. The molecule has 0 radical (unpaired) electrons. The second kappa shape index (κ2) is 8.73. The van der Waals surface area contributed by atoms with Gasteiger partial charge in [0.15, 0.2) is 0 Å². The Bertz CT molecular complexity index is 1240. The van der Waals surface area contributed by atoms with Crippen molar-refractivity contribution in [3.8, 4) is 11.5 Å². The summed E-state index contributed by atoms with van der Waals surface area (Å²) in [6.07, 6.45) is 1.45. The molecule has 2 N–H and O–H groups in total. The van der Waals surface area contributed by atoms with Crippen molar-refractivity contribution in [3.63, 3.8) is 0 Å². The van der Waals surface area contributed by atoms with Gasteiger partial charge in [0.05, 0.1) is 16.5 Å². The lowest BCUT2D eigenvalue weighted by Gasteiger charge is -2.12. The Morgan fingerprint density at radius 3 is 2.50 bits per heavy atom. The highest BCUT2D eigenvalue weighted by molar-refractivity contribution is 7.87. The molecule has 0 aliphatic rings. The normalized spacial score (nSPS) is 11.9. The van der Waals surface area contributed by atoms with Crippen molar-refractivity contribution in [2.45, 2.75) is 19.1 Å². The predicted octanol–water partition coefficient (Wildman–Crippen LogP) is 4.08. The molecule has 0 saturated heterocycles. The summed E-state index contributed by atoms with van der Waals surface area (Å²) in [6, 6.07) is 14.4. The average Bonchev–Trinajstić information content (AvgIpc) is 2.71. The van der Waals surface area contributed by atoms with E-state index >= 15 is 0 Å². The summed E-state index contributed by atoms with van der Waals surface area (Å²) in [5, 5.41) is 14.1. The predicted molar refractivity (Wildman–Crippen MR) is 117 cm³/mol. The fourth-order valence-electron chi connectivity index (χ4n) is 2.57. The van der Waals surface area contributed by atoms with E-state index in [1.807, 2.05) is 0 Å². The Hall–Kier alpha value is -3.10. The SMILES string of the molecule is CC(C)S(=O)(=O)Oc1ccc(/C=N/NC(=O)c2ccc(O)c(Cl)c2)c2ccccc12. The molecule has 30 heavy (non-hydrogen) atoms.